The van der Waals surface area contributed by atoms with Crippen molar-refractivity contribution in [2.24, 2.45) is 5.92 Å². The van der Waals surface area contributed by atoms with Gasteiger partial charge in [0.15, 0.2) is 0 Å². The first-order valence-electron chi connectivity index (χ1n) is 11.8. The van der Waals surface area contributed by atoms with E-state index in [-0.39, 0.29) is 11.8 Å². The van der Waals surface area contributed by atoms with E-state index in [2.05, 4.69) is 15.2 Å². The summed E-state index contributed by atoms with van der Waals surface area (Å²) in [5, 5.41) is 4.10. The number of amides is 1. The lowest BCUT2D eigenvalue weighted by Crippen LogP contribution is -2.47. The van der Waals surface area contributed by atoms with Crippen LogP contribution >= 0.6 is 0 Å². The number of aromatic nitrogens is 1. The lowest BCUT2D eigenvalue weighted by Gasteiger charge is -2.36. The van der Waals surface area contributed by atoms with Gasteiger partial charge in [-0.15, -0.1) is 0 Å². The Labute approximate surface area is 197 Å². The second-order valence-electron chi connectivity index (χ2n) is 9.00. The topological polar surface area (TPSA) is 51.4 Å². The summed E-state index contributed by atoms with van der Waals surface area (Å²) >= 11 is 0. The second-order valence-corrected chi connectivity index (χ2v) is 9.00. The van der Waals surface area contributed by atoms with Crippen molar-refractivity contribution in [2.45, 2.75) is 32.9 Å². The van der Waals surface area contributed by atoms with Gasteiger partial charge in [0.2, 0.25) is 5.91 Å². The number of nitrogens with one attached hydrogen (secondary N) is 2. The zero-order chi connectivity index (χ0) is 24.3. The van der Waals surface area contributed by atoms with Crippen LogP contribution in [0.25, 0.3) is 10.9 Å². The maximum absolute atomic E-state index is 13.0. The Morgan fingerprint density at radius 3 is 2.59 bits per heavy atom. The number of H-pyrrole nitrogens is 1. The van der Waals surface area contributed by atoms with Crippen molar-refractivity contribution in [3.8, 4) is 0 Å². The number of fused-ring (bicyclic) bond motifs is 1. The first-order valence-corrected chi connectivity index (χ1v) is 11.8. The fourth-order valence-electron chi connectivity index (χ4n) is 4.30. The third-order valence-electron chi connectivity index (χ3n) is 6.70. The van der Waals surface area contributed by atoms with E-state index in [1.807, 2.05) is 43.1 Å². The number of piperazine rings is 1. The van der Waals surface area contributed by atoms with Crippen molar-refractivity contribution >= 4 is 28.2 Å². The van der Waals surface area contributed by atoms with E-state index in [4.69, 9.17) is 0 Å². The monoisotopic (exact) mass is 472 g/mol. The number of carbonyl (C=O) groups is 1. The first-order chi connectivity index (χ1) is 16.2. The molecule has 5 nitrogen and oxygen atoms in total. The van der Waals surface area contributed by atoms with Crippen molar-refractivity contribution < 1.29 is 18.0 Å². The van der Waals surface area contributed by atoms with Gasteiger partial charge in [0.05, 0.1) is 5.56 Å². The standard InChI is InChI=1S/C26H31F3N4O/c1-3-18(2)25(34)31-21-7-8-24-23(16-21)19(17-30-24)9-10-32-11-13-33(14-12-32)22-6-4-5-20(15-22)26(27,28)29/h4-8,15-18,30H,3,9-14H2,1-2H3,(H,31,34)/t18-/m0/s1. The molecule has 34 heavy (non-hydrogen) atoms. The summed E-state index contributed by atoms with van der Waals surface area (Å²) in [6, 6.07) is 11.5. The number of hydrogen-bond acceptors (Lipinski definition) is 3. The van der Waals surface area contributed by atoms with Gasteiger partial charge in [-0.25, -0.2) is 0 Å². The highest BCUT2D eigenvalue weighted by atomic mass is 19.4. The Morgan fingerprint density at radius 2 is 1.88 bits per heavy atom. The van der Waals surface area contributed by atoms with Crippen LogP contribution in [0.3, 0.4) is 0 Å². The van der Waals surface area contributed by atoms with Crippen LogP contribution in [0.5, 0.6) is 0 Å². The summed E-state index contributed by atoms with van der Waals surface area (Å²) < 4.78 is 39.1. The molecule has 1 amide bonds. The Kier molecular flexibility index (Phi) is 7.16. The molecule has 4 rings (SSSR count). The third kappa shape index (κ3) is 5.55. The summed E-state index contributed by atoms with van der Waals surface area (Å²) in [5.74, 6) is -0.00595. The number of hydrogen-bond donors (Lipinski definition) is 2. The fraction of sp³-hybridized carbons (Fsp3) is 0.423. The van der Waals surface area contributed by atoms with E-state index in [1.54, 1.807) is 6.07 Å². The molecular weight excluding hydrogens is 441 g/mol. The van der Waals surface area contributed by atoms with Gasteiger partial charge in [0.1, 0.15) is 0 Å². The van der Waals surface area contributed by atoms with Gasteiger partial charge in [-0.1, -0.05) is 19.9 Å². The van der Waals surface area contributed by atoms with E-state index in [0.29, 0.717) is 18.8 Å². The third-order valence-corrected chi connectivity index (χ3v) is 6.70. The molecule has 3 aromatic rings. The van der Waals surface area contributed by atoms with Crippen LogP contribution in [0.4, 0.5) is 24.5 Å². The van der Waals surface area contributed by atoms with Gasteiger partial charge in [-0.2, -0.15) is 13.2 Å². The van der Waals surface area contributed by atoms with Gasteiger partial charge >= 0.3 is 6.18 Å². The number of benzene rings is 2. The molecule has 0 bridgehead atoms. The first kappa shape index (κ1) is 24.1. The van der Waals surface area contributed by atoms with Crippen LogP contribution in [-0.4, -0.2) is 48.5 Å². The van der Waals surface area contributed by atoms with Gasteiger partial charge in [0.25, 0.3) is 0 Å². The van der Waals surface area contributed by atoms with Gasteiger partial charge in [-0.3, -0.25) is 9.69 Å². The SMILES string of the molecule is CC[C@H](C)C(=O)Nc1ccc2[nH]cc(CCN3CCN(c4cccc(C(F)(F)F)c4)CC3)c2c1. The summed E-state index contributed by atoms with van der Waals surface area (Å²) in [4.78, 5) is 19.9. The van der Waals surface area contributed by atoms with E-state index < -0.39 is 11.7 Å². The molecule has 0 radical (unpaired) electrons. The summed E-state index contributed by atoms with van der Waals surface area (Å²) in [6.45, 7) is 7.78. The van der Waals surface area contributed by atoms with E-state index in [9.17, 15) is 18.0 Å². The average molecular weight is 473 g/mol. The Balaban J connectivity index is 1.34. The Hall–Kier alpha value is -3.00. The Bertz CT molecular complexity index is 1130. The minimum absolute atomic E-state index is 0.0255. The molecule has 0 spiro atoms. The number of halogens is 3. The highest BCUT2D eigenvalue weighted by Crippen LogP contribution is 2.32. The highest BCUT2D eigenvalue weighted by molar-refractivity contribution is 5.95. The number of alkyl halides is 3. The predicted molar refractivity (Wildman–Crippen MR) is 130 cm³/mol. The number of carbonyl (C=O) groups excluding carboxylic acids is 1. The number of anilines is 2. The summed E-state index contributed by atoms with van der Waals surface area (Å²) in [5.41, 5.74) is 3.04. The lowest BCUT2D eigenvalue weighted by molar-refractivity contribution is -0.137. The van der Waals surface area contributed by atoms with Gasteiger partial charge in [0, 0.05) is 67.1 Å². The molecule has 1 aliphatic rings. The molecule has 2 N–H and O–H groups in total. The molecular formula is C26H31F3N4O. The predicted octanol–water partition coefficient (Wildman–Crippen LogP) is 5.54. The molecule has 0 aliphatic carbocycles. The zero-order valence-corrected chi connectivity index (χ0v) is 19.6. The quantitative estimate of drug-likeness (QED) is 0.475. The molecule has 1 atom stereocenters. The minimum Gasteiger partial charge on any atom is -0.369 e. The molecule has 182 valence electrons. The molecule has 2 heterocycles. The van der Waals surface area contributed by atoms with Crippen LogP contribution in [0.1, 0.15) is 31.4 Å². The average Bonchev–Trinajstić information content (AvgIpc) is 3.24. The summed E-state index contributed by atoms with van der Waals surface area (Å²) in [7, 11) is 0. The maximum atomic E-state index is 13.0. The molecule has 1 saturated heterocycles. The van der Waals surface area contributed by atoms with Crippen molar-refractivity contribution in [1.29, 1.82) is 0 Å². The molecule has 0 saturated carbocycles. The van der Waals surface area contributed by atoms with Crippen molar-refractivity contribution in [1.82, 2.24) is 9.88 Å². The smallest absolute Gasteiger partial charge is 0.369 e. The van der Waals surface area contributed by atoms with E-state index >= 15 is 0 Å². The highest BCUT2D eigenvalue weighted by Gasteiger charge is 2.31. The zero-order valence-electron chi connectivity index (χ0n) is 19.6. The molecule has 8 heteroatoms. The van der Waals surface area contributed by atoms with Gasteiger partial charge < -0.3 is 15.2 Å². The Morgan fingerprint density at radius 1 is 1.12 bits per heavy atom. The van der Waals surface area contributed by atoms with E-state index in [1.165, 1.54) is 17.7 Å². The maximum Gasteiger partial charge on any atom is 0.416 e. The van der Waals surface area contributed by atoms with Crippen LogP contribution < -0.4 is 10.2 Å². The van der Waals surface area contributed by atoms with E-state index in [0.717, 1.165) is 55.1 Å². The lowest BCUT2D eigenvalue weighted by atomic mass is 10.1. The van der Waals surface area contributed by atoms with Crippen LogP contribution in [0.15, 0.2) is 48.7 Å². The van der Waals surface area contributed by atoms with Crippen molar-refractivity contribution in [3.05, 3.63) is 59.8 Å². The van der Waals surface area contributed by atoms with Crippen LogP contribution in [0.2, 0.25) is 0 Å². The van der Waals surface area contributed by atoms with Crippen molar-refractivity contribution in [2.75, 3.05) is 42.9 Å². The number of aromatic amines is 1. The fourth-order valence-corrected chi connectivity index (χ4v) is 4.30. The molecule has 0 unspecified atom stereocenters. The second kappa shape index (κ2) is 10.1. The van der Waals surface area contributed by atoms with Crippen LogP contribution in [0, 0.1) is 5.92 Å². The number of rotatable bonds is 7. The van der Waals surface area contributed by atoms with Crippen molar-refractivity contribution in [3.63, 3.8) is 0 Å². The minimum atomic E-state index is -4.33. The van der Waals surface area contributed by atoms with Gasteiger partial charge in [-0.05, 0) is 54.8 Å². The molecule has 1 aliphatic heterocycles. The largest absolute Gasteiger partial charge is 0.416 e. The van der Waals surface area contributed by atoms with Crippen LogP contribution in [-0.2, 0) is 17.4 Å². The molecule has 1 fully saturated rings. The number of nitrogens with zero attached hydrogens (tertiary/aromatic N) is 2. The normalized spacial score (nSPS) is 16.1. The molecule has 1 aromatic heterocycles. The summed E-state index contributed by atoms with van der Waals surface area (Å²) in [6.07, 6.45) is -0.658. The molecule has 2 aromatic carbocycles.